The van der Waals surface area contributed by atoms with Crippen LogP contribution in [0.15, 0.2) is 42.5 Å². The van der Waals surface area contributed by atoms with Crippen molar-refractivity contribution in [3.05, 3.63) is 65.2 Å². The summed E-state index contributed by atoms with van der Waals surface area (Å²) < 4.78 is 32.0. The van der Waals surface area contributed by atoms with Gasteiger partial charge in [-0.1, -0.05) is 30.0 Å². The van der Waals surface area contributed by atoms with Gasteiger partial charge in [0.2, 0.25) is 0 Å². The van der Waals surface area contributed by atoms with E-state index >= 15 is 0 Å². The number of halogens is 2. The SMILES string of the molecule is NCC#Cc1cccc(COc2c(F)cccc2F)c1. The van der Waals surface area contributed by atoms with Crippen LogP contribution < -0.4 is 10.5 Å². The molecule has 2 aromatic rings. The Bertz CT molecular complexity index is 639. The van der Waals surface area contributed by atoms with E-state index in [9.17, 15) is 8.78 Å². The van der Waals surface area contributed by atoms with Crippen LogP contribution in [0.1, 0.15) is 11.1 Å². The third-order valence-corrected chi connectivity index (χ3v) is 2.56. The number of benzene rings is 2. The molecular formula is C16H13F2NO. The van der Waals surface area contributed by atoms with Gasteiger partial charge in [0.1, 0.15) is 6.61 Å². The van der Waals surface area contributed by atoms with E-state index in [0.29, 0.717) is 0 Å². The molecule has 0 radical (unpaired) electrons. The third-order valence-electron chi connectivity index (χ3n) is 2.56. The number of rotatable bonds is 3. The van der Waals surface area contributed by atoms with Crippen LogP contribution in [-0.2, 0) is 6.61 Å². The third kappa shape index (κ3) is 3.56. The van der Waals surface area contributed by atoms with Crippen molar-refractivity contribution in [3.63, 3.8) is 0 Å². The second kappa shape index (κ2) is 6.69. The summed E-state index contributed by atoms with van der Waals surface area (Å²) in [5, 5.41) is 0. The normalized spacial score (nSPS) is 9.75. The van der Waals surface area contributed by atoms with Crippen LogP contribution in [0.3, 0.4) is 0 Å². The van der Waals surface area contributed by atoms with Crippen LogP contribution in [0.5, 0.6) is 5.75 Å². The van der Waals surface area contributed by atoms with Crippen molar-refractivity contribution in [2.24, 2.45) is 5.73 Å². The lowest BCUT2D eigenvalue weighted by Gasteiger charge is -2.08. The number of nitrogens with two attached hydrogens (primary N) is 1. The summed E-state index contributed by atoms with van der Waals surface area (Å²) in [5.41, 5.74) is 6.86. The Morgan fingerprint density at radius 3 is 2.45 bits per heavy atom. The molecule has 2 N–H and O–H groups in total. The first-order chi connectivity index (χ1) is 9.70. The number of hydrogen-bond donors (Lipinski definition) is 1. The molecule has 0 heterocycles. The molecule has 0 bridgehead atoms. The number of ether oxygens (including phenoxy) is 1. The molecule has 2 aromatic carbocycles. The minimum Gasteiger partial charge on any atom is -0.483 e. The van der Waals surface area contributed by atoms with Gasteiger partial charge in [0.25, 0.3) is 0 Å². The van der Waals surface area contributed by atoms with Crippen LogP contribution in [0, 0.1) is 23.5 Å². The van der Waals surface area contributed by atoms with Crippen molar-refractivity contribution in [2.75, 3.05) is 6.54 Å². The molecular weight excluding hydrogens is 260 g/mol. The molecule has 102 valence electrons. The van der Waals surface area contributed by atoms with Crippen LogP contribution >= 0.6 is 0 Å². The first-order valence-corrected chi connectivity index (χ1v) is 6.05. The zero-order chi connectivity index (χ0) is 14.4. The van der Waals surface area contributed by atoms with Gasteiger partial charge in [-0.15, -0.1) is 0 Å². The molecule has 2 nitrogen and oxygen atoms in total. The van der Waals surface area contributed by atoms with Crippen molar-refractivity contribution >= 4 is 0 Å². The predicted molar refractivity (Wildman–Crippen MR) is 73.1 cm³/mol. The standard InChI is InChI=1S/C16H13F2NO/c17-14-7-2-8-15(18)16(14)20-11-13-5-1-4-12(10-13)6-3-9-19/h1-2,4-5,7-8,10H,9,11,19H2. The molecule has 0 saturated heterocycles. The quantitative estimate of drug-likeness (QED) is 0.873. The summed E-state index contributed by atoms with van der Waals surface area (Å²) >= 11 is 0. The summed E-state index contributed by atoms with van der Waals surface area (Å²) in [7, 11) is 0. The molecule has 20 heavy (non-hydrogen) atoms. The fourth-order valence-corrected chi connectivity index (χ4v) is 1.67. The maximum atomic E-state index is 13.4. The van der Waals surface area contributed by atoms with E-state index < -0.39 is 11.6 Å². The highest BCUT2D eigenvalue weighted by molar-refractivity contribution is 5.37. The lowest BCUT2D eigenvalue weighted by atomic mass is 10.1. The molecule has 0 fully saturated rings. The van der Waals surface area contributed by atoms with Crippen LogP contribution in [0.4, 0.5) is 8.78 Å². The average Bonchev–Trinajstić information content (AvgIpc) is 2.45. The Kier molecular flexibility index (Phi) is 4.70. The predicted octanol–water partition coefficient (Wildman–Crippen LogP) is 2.85. The van der Waals surface area contributed by atoms with Crippen LogP contribution in [-0.4, -0.2) is 6.54 Å². The molecule has 0 aliphatic carbocycles. The van der Waals surface area contributed by atoms with E-state index in [0.717, 1.165) is 23.3 Å². The summed E-state index contributed by atoms with van der Waals surface area (Å²) in [5.74, 6) is 3.82. The topological polar surface area (TPSA) is 35.2 Å². The van der Waals surface area contributed by atoms with E-state index in [1.54, 1.807) is 18.2 Å². The Morgan fingerprint density at radius 2 is 1.75 bits per heavy atom. The fourth-order valence-electron chi connectivity index (χ4n) is 1.67. The summed E-state index contributed by atoms with van der Waals surface area (Å²) in [6, 6.07) is 10.8. The van der Waals surface area contributed by atoms with E-state index in [4.69, 9.17) is 10.5 Å². The van der Waals surface area contributed by atoms with Gasteiger partial charge in [-0.2, -0.15) is 0 Å². The zero-order valence-electron chi connectivity index (χ0n) is 10.7. The van der Waals surface area contributed by atoms with Crippen LogP contribution in [0.25, 0.3) is 0 Å². The van der Waals surface area contributed by atoms with E-state index in [-0.39, 0.29) is 18.9 Å². The molecule has 0 unspecified atom stereocenters. The Hall–Kier alpha value is -2.38. The molecule has 0 aliphatic heterocycles. The lowest BCUT2D eigenvalue weighted by molar-refractivity contribution is 0.274. The molecule has 2 rings (SSSR count). The maximum absolute atomic E-state index is 13.4. The van der Waals surface area contributed by atoms with Crippen molar-refractivity contribution in [3.8, 4) is 17.6 Å². The molecule has 0 aliphatic rings. The molecule has 0 amide bonds. The minimum atomic E-state index is -0.718. The number of para-hydroxylation sites is 1. The fraction of sp³-hybridized carbons (Fsp3) is 0.125. The van der Waals surface area contributed by atoms with E-state index in [2.05, 4.69) is 11.8 Å². The van der Waals surface area contributed by atoms with Gasteiger partial charge in [0.05, 0.1) is 6.54 Å². The van der Waals surface area contributed by atoms with E-state index in [1.165, 1.54) is 6.07 Å². The molecule has 0 aromatic heterocycles. The second-order valence-electron chi connectivity index (χ2n) is 4.05. The monoisotopic (exact) mass is 273 g/mol. The Balaban J connectivity index is 2.11. The van der Waals surface area contributed by atoms with E-state index in [1.807, 2.05) is 6.07 Å². The van der Waals surface area contributed by atoms with Gasteiger partial charge >= 0.3 is 0 Å². The Morgan fingerprint density at radius 1 is 1.05 bits per heavy atom. The summed E-state index contributed by atoms with van der Waals surface area (Å²) in [6.45, 7) is 0.344. The zero-order valence-corrected chi connectivity index (χ0v) is 10.7. The lowest BCUT2D eigenvalue weighted by Crippen LogP contribution is -2.00. The second-order valence-corrected chi connectivity index (χ2v) is 4.05. The first kappa shape index (κ1) is 14.0. The van der Waals surface area contributed by atoms with Gasteiger partial charge in [-0.05, 0) is 29.8 Å². The van der Waals surface area contributed by atoms with Gasteiger partial charge < -0.3 is 10.5 Å². The maximum Gasteiger partial charge on any atom is 0.191 e. The molecule has 0 atom stereocenters. The van der Waals surface area contributed by atoms with Crippen LogP contribution in [0.2, 0.25) is 0 Å². The van der Waals surface area contributed by atoms with Crippen molar-refractivity contribution in [2.45, 2.75) is 6.61 Å². The Labute approximate surface area is 116 Å². The average molecular weight is 273 g/mol. The van der Waals surface area contributed by atoms with Gasteiger partial charge in [0, 0.05) is 5.56 Å². The minimum absolute atomic E-state index is 0.0655. The van der Waals surface area contributed by atoms with Gasteiger partial charge in [-0.3, -0.25) is 0 Å². The highest BCUT2D eigenvalue weighted by atomic mass is 19.1. The van der Waals surface area contributed by atoms with Crippen molar-refractivity contribution < 1.29 is 13.5 Å². The summed E-state index contributed by atoms with van der Waals surface area (Å²) in [6.07, 6.45) is 0. The molecule has 4 heteroatoms. The van der Waals surface area contributed by atoms with Crippen molar-refractivity contribution in [1.82, 2.24) is 0 Å². The highest BCUT2D eigenvalue weighted by Gasteiger charge is 2.09. The summed E-state index contributed by atoms with van der Waals surface area (Å²) in [4.78, 5) is 0. The largest absolute Gasteiger partial charge is 0.483 e. The van der Waals surface area contributed by atoms with Gasteiger partial charge in [0.15, 0.2) is 17.4 Å². The molecule has 0 spiro atoms. The molecule has 0 saturated carbocycles. The van der Waals surface area contributed by atoms with Gasteiger partial charge in [-0.25, -0.2) is 8.78 Å². The first-order valence-electron chi connectivity index (χ1n) is 6.05. The highest BCUT2D eigenvalue weighted by Crippen LogP contribution is 2.22. The number of hydrogen-bond acceptors (Lipinski definition) is 2. The van der Waals surface area contributed by atoms with Crippen molar-refractivity contribution in [1.29, 1.82) is 0 Å². The smallest absolute Gasteiger partial charge is 0.191 e.